The largest absolute Gasteiger partial charge is 0.507 e. The summed E-state index contributed by atoms with van der Waals surface area (Å²) >= 11 is 0. The number of oxazole rings is 1. The number of aromatic hydroxyl groups is 1. The first-order valence-electron chi connectivity index (χ1n) is 10.4. The maximum atomic E-state index is 10.2. The molecule has 32 heavy (non-hydrogen) atoms. The highest BCUT2D eigenvalue weighted by Crippen LogP contribution is 2.38. The van der Waals surface area contributed by atoms with E-state index in [9.17, 15) is 5.11 Å². The van der Waals surface area contributed by atoms with Gasteiger partial charge in [0.05, 0.1) is 11.3 Å². The maximum absolute atomic E-state index is 10.2. The topological polar surface area (TPSA) is 59.2 Å². The molecule has 1 N–H and O–H groups in total. The lowest BCUT2D eigenvalue weighted by molar-refractivity contribution is 0.474. The molecule has 0 aliphatic carbocycles. The fourth-order valence-corrected chi connectivity index (χ4v) is 4.15. The second-order valence-corrected chi connectivity index (χ2v) is 7.65. The Balaban J connectivity index is 1.60. The Bertz CT molecular complexity index is 1590. The predicted octanol–water partition coefficient (Wildman–Crippen LogP) is 7.08. The van der Waals surface area contributed by atoms with Crippen LogP contribution < -0.4 is 0 Å². The molecule has 6 rings (SSSR count). The summed E-state index contributed by atoms with van der Waals surface area (Å²) in [5, 5.41) is 12.5. The fourth-order valence-electron chi connectivity index (χ4n) is 4.15. The zero-order chi connectivity index (χ0) is 21.5. The number of nitrogens with zero attached hydrogens (tertiary/aromatic N) is 2. The Morgan fingerprint density at radius 3 is 2.38 bits per heavy atom. The quantitative estimate of drug-likeness (QED) is 0.336. The Kier molecular flexibility index (Phi) is 4.22. The van der Waals surface area contributed by atoms with E-state index in [0.29, 0.717) is 17.0 Å². The minimum Gasteiger partial charge on any atom is -0.507 e. The monoisotopic (exact) mass is 414 g/mol. The van der Waals surface area contributed by atoms with Crippen LogP contribution in [0.15, 0.2) is 108 Å². The number of rotatable bonds is 3. The standard InChI is InChI=1S/C28H18N2O2/c31-25-13-4-3-10-22(25)28-30-27-21(11-7-14-26(27)32-28)19-16-18-8-1-2-9-20(18)23(17-19)24-12-5-6-15-29-24/h1-17,31H. The molecule has 0 fully saturated rings. The van der Waals surface area contributed by atoms with Crippen LogP contribution in [-0.4, -0.2) is 15.1 Å². The van der Waals surface area contributed by atoms with Crippen LogP contribution >= 0.6 is 0 Å². The van der Waals surface area contributed by atoms with Crippen molar-refractivity contribution in [1.29, 1.82) is 0 Å². The first kappa shape index (κ1) is 18.3. The van der Waals surface area contributed by atoms with Crippen LogP contribution in [0.2, 0.25) is 0 Å². The molecule has 2 heterocycles. The van der Waals surface area contributed by atoms with E-state index in [1.165, 1.54) is 0 Å². The van der Waals surface area contributed by atoms with E-state index < -0.39 is 0 Å². The van der Waals surface area contributed by atoms with E-state index in [2.05, 4.69) is 29.2 Å². The minimum atomic E-state index is 0.142. The molecule has 4 aromatic carbocycles. The van der Waals surface area contributed by atoms with Crippen molar-refractivity contribution in [3.05, 3.63) is 103 Å². The highest BCUT2D eigenvalue weighted by Gasteiger charge is 2.16. The fraction of sp³-hybridized carbons (Fsp3) is 0. The number of fused-ring (bicyclic) bond motifs is 2. The maximum Gasteiger partial charge on any atom is 0.231 e. The number of para-hydroxylation sites is 2. The SMILES string of the molecule is Oc1ccccc1-c1nc2c(-c3cc(-c4ccccn4)c4ccccc4c3)cccc2o1. The molecule has 0 saturated heterocycles. The molecule has 0 saturated carbocycles. The summed E-state index contributed by atoms with van der Waals surface area (Å²) in [6.07, 6.45) is 1.81. The van der Waals surface area contributed by atoms with Gasteiger partial charge >= 0.3 is 0 Å². The molecular formula is C28H18N2O2. The summed E-state index contributed by atoms with van der Waals surface area (Å²) in [5.41, 5.74) is 6.00. The molecular weight excluding hydrogens is 396 g/mol. The first-order chi connectivity index (χ1) is 15.8. The number of hydrogen-bond acceptors (Lipinski definition) is 4. The molecule has 0 amide bonds. The Morgan fingerprint density at radius 2 is 1.50 bits per heavy atom. The molecule has 0 spiro atoms. The number of aromatic nitrogens is 2. The van der Waals surface area contributed by atoms with Crippen LogP contribution in [0.3, 0.4) is 0 Å². The minimum absolute atomic E-state index is 0.142. The highest BCUT2D eigenvalue weighted by molar-refractivity contribution is 6.02. The number of benzene rings is 4. The van der Waals surface area contributed by atoms with Crippen molar-refractivity contribution in [2.45, 2.75) is 0 Å². The second-order valence-electron chi connectivity index (χ2n) is 7.65. The lowest BCUT2D eigenvalue weighted by Crippen LogP contribution is -1.88. The summed E-state index contributed by atoms with van der Waals surface area (Å²) in [5.74, 6) is 0.542. The van der Waals surface area contributed by atoms with E-state index in [1.54, 1.807) is 18.2 Å². The summed E-state index contributed by atoms with van der Waals surface area (Å²) in [7, 11) is 0. The van der Waals surface area contributed by atoms with Crippen molar-refractivity contribution in [3.63, 3.8) is 0 Å². The Hall–Kier alpha value is -4.44. The van der Waals surface area contributed by atoms with Crippen molar-refractivity contribution in [1.82, 2.24) is 9.97 Å². The molecule has 0 aliphatic rings. The molecule has 0 aliphatic heterocycles. The zero-order valence-electron chi connectivity index (χ0n) is 17.1. The lowest BCUT2D eigenvalue weighted by Gasteiger charge is -2.11. The van der Waals surface area contributed by atoms with Gasteiger partial charge in [0.25, 0.3) is 0 Å². The third kappa shape index (κ3) is 3.01. The van der Waals surface area contributed by atoms with Crippen LogP contribution in [0.4, 0.5) is 0 Å². The molecule has 152 valence electrons. The molecule has 6 aromatic rings. The Morgan fingerprint density at radius 1 is 0.688 bits per heavy atom. The van der Waals surface area contributed by atoms with Crippen LogP contribution in [0, 0.1) is 0 Å². The number of hydrogen-bond donors (Lipinski definition) is 1. The molecule has 0 unspecified atom stereocenters. The van der Waals surface area contributed by atoms with Crippen molar-refractivity contribution >= 4 is 21.9 Å². The highest BCUT2D eigenvalue weighted by atomic mass is 16.3. The van der Waals surface area contributed by atoms with E-state index in [1.807, 2.05) is 60.8 Å². The first-order valence-corrected chi connectivity index (χ1v) is 10.4. The second kappa shape index (κ2) is 7.36. The van der Waals surface area contributed by atoms with Crippen LogP contribution in [0.25, 0.3) is 55.7 Å². The average Bonchev–Trinajstić information content (AvgIpc) is 3.28. The normalized spacial score (nSPS) is 11.2. The molecule has 4 nitrogen and oxygen atoms in total. The van der Waals surface area contributed by atoms with Gasteiger partial charge in [0.1, 0.15) is 11.3 Å². The van der Waals surface area contributed by atoms with Gasteiger partial charge in [-0.1, -0.05) is 54.6 Å². The number of phenols is 1. The van der Waals surface area contributed by atoms with Crippen molar-refractivity contribution in [2.24, 2.45) is 0 Å². The molecule has 4 heteroatoms. The predicted molar refractivity (Wildman–Crippen MR) is 127 cm³/mol. The third-order valence-electron chi connectivity index (χ3n) is 5.67. The summed E-state index contributed by atoms with van der Waals surface area (Å²) in [6, 6.07) is 31.6. The lowest BCUT2D eigenvalue weighted by atomic mass is 9.94. The van der Waals surface area contributed by atoms with E-state index in [0.717, 1.165) is 38.7 Å². The molecule has 0 radical (unpaired) electrons. The number of phenolic OH excluding ortho intramolecular Hbond substituents is 1. The van der Waals surface area contributed by atoms with Crippen LogP contribution in [0.5, 0.6) is 5.75 Å². The Labute approximate surface area is 184 Å². The van der Waals surface area contributed by atoms with Gasteiger partial charge in [-0.25, -0.2) is 4.98 Å². The van der Waals surface area contributed by atoms with Crippen molar-refractivity contribution in [2.75, 3.05) is 0 Å². The van der Waals surface area contributed by atoms with E-state index >= 15 is 0 Å². The summed E-state index contributed by atoms with van der Waals surface area (Å²) in [4.78, 5) is 9.35. The summed E-state index contributed by atoms with van der Waals surface area (Å²) < 4.78 is 6.02. The van der Waals surface area contributed by atoms with Gasteiger partial charge in [-0.3, -0.25) is 4.98 Å². The molecule has 2 aromatic heterocycles. The van der Waals surface area contributed by atoms with Gasteiger partial charge in [-0.15, -0.1) is 0 Å². The molecule has 0 atom stereocenters. The average molecular weight is 414 g/mol. The molecule has 0 bridgehead atoms. The van der Waals surface area contributed by atoms with E-state index in [4.69, 9.17) is 9.40 Å². The van der Waals surface area contributed by atoms with Gasteiger partial charge in [0.2, 0.25) is 5.89 Å². The van der Waals surface area contributed by atoms with E-state index in [-0.39, 0.29) is 5.75 Å². The third-order valence-corrected chi connectivity index (χ3v) is 5.67. The van der Waals surface area contributed by atoms with Crippen LogP contribution in [0.1, 0.15) is 0 Å². The van der Waals surface area contributed by atoms with Crippen molar-refractivity contribution in [3.8, 4) is 39.6 Å². The zero-order valence-corrected chi connectivity index (χ0v) is 17.1. The van der Waals surface area contributed by atoms with Gasteiger partial charge in [0.15, 0.2) is 5.58 Å². The van der Waals surface area contributed by atoms with Crippen molar-refractivity contribution < 1.29 is 9.52 Å². The van der Waals surface area contributed by atoms with Gasteiger partial charge in [-0.05, 0) is 58.8 Å². The van der Waals surface area contributed by atoms with Crippen LogP contribution in [-0.2, 0) is 0 Å². The smallest absolute Gasteiger partial charge is 0.231 e. The van der Waals surface area contributed by atoms with Gasteiger partial charge < -0.3 is 9.52 Å². The number of pyridine rings is 1. The van der Waals surface area contributed by atoms with Gasteiger partial charge in [0, 0.05) is 17.3 Å². The summed E-state index contributed by atoms with van der Waals surface area (Å²) in [6.45, 7) is 0. The van der Waals surface area contributed by atoms with Gasteiger partial charge in [-0.2, -0.15) is 0 Å².